The second-order valence-corrected chi connectivity index (χ2v) is 5.50. The predicted molar refractivity (Wildman–Crippen MR) is 62.3 cm³/mol. The lowest BCUT2D eigenvalue weighted by Crippen LogP contribution is -2.55. The quantitative estimate of drug-likeness (QED) is 0.742. The van der Waals surface area contributed by atoms with Crippen LogP contribution in [0.1, 0.15) is 40.5 Å². The Hall–Kier alpha value is -0.570. The van der Waals surface area contributed by atoms with Crippen molar-refractivity contribution in [2.45, 2.75) is 46.6 Å². The molecule has 1 fully saturated rings. The van der Waals surface area contributed by atoms with Crippen LogP contribution < -0.4 is 11.1 Å². The van der Waals surface area contributed by atoms with Crippen molar-refractivity contribution in [3.05, 3.63) is 0 Å². The molecule has 3 nitrogen and oxygen atoms in total. The summed E-state index contributed by atoms with van der Waals surface area (Å²) in [6.07, 6.45) is 1.89. The molecule has 1 rings (SSSR count). The van der Waals surface area contributed by atoms with Crippen LogP contribution in [0.25, 0.3) is 0 Å². The van der Waals surface area contributed by atoms with Crippen LogP contribution in [0.4, 0.5) is 0 Å². The fourth-order valence-corrected chi connectivity index (χ4v) is 2.25. The summed E-state index contributed by atoms with van der Waals surface area (Å²) >= 11 is 0. The Kier molecular flexibility index (Phi) is 3.77. The molecule has 3 heteroatoms. The normalized spacial score (nSPS) is 32.3. The smallest absolute Gasteiger partial charge is 0.227 e. The van der Waals surface area contributed by atoms with E-state index >= 15 is 0 Å². The van der Waals surface area contributed by atoms with Gasteiger partial charge in [-0.05, 0) is 31.6 Å². The van der Waals surface area contributed by atoms with Crippen LogP contribution in [0.2, 0.25) is 0 Å². The minimum Gasteiger partial charge on any atom is -0.353 e. The van der Waals surface area contributed by atoms with Gasteiger partial charge in [0.15, 0.2) is 0 Å². The van der Waals surface area contributed by atoms with Gasteiger partial charge in [0.25, 0.3) is 0 Å². The molecule has 1 aliphatic carbocycles. The van der Waals surface area contributed by atoms with E-state index in [1.807, 2.05) is 0 Å². The van der Waals surface area contributed by atoms with Gasteiger partial charge in [0.2, 0.25) is 5.91 Å². The molecule has 3 N–H and O–H groups in total. The van der Waals surface area contributed by atoms with Gasteiger partial charge in [-0.3, -0.25) is 4.79 Å². The molecule has 1 saturated carbocycles. The lowest BCUT2D eigenvalue weighted by Gasteiger charge is -2.45. The Morgan fingerprint density at radius 2 is 2.00 bits per heavy atom. The molecule has 0 aromatic rings. The van der Waals surface area contributed by atoms with Crippen molar-refractivity contribution in [3.63, 3.8) is 0 Å². The van der Waals surface area contributed by atoms with E-state index in [9.17, 15) is 4.79 Å². The van der Waals surface area contributed by atoms with E-state index in [1.54, 1.807) is 0 Å². The topological polar surface area (TPSA) is 55.1 Å². The molecule has 0 aromatic carbocycles. The summed E-state index contributed by atoms with van der Waals surface area (Å²) in [7, 11) is 0. The third kappa shape index (κ3) is 2.51. The number of amides is 1. The van der Waals surface area contributed by atoms with Gasteiger partial charge >= 0.3 is 0 Å². The largest absolute Gasteiger partial charge is 0.353 e. The van der Waals surface area contributed by atoms with Crippen molar-refractivity contribution in [2.24, 2.45) is 23.0 Å². The summed E-state index contributed by atoms with van der Waals surface area (Å²) in [5.41, 5.74) is 5.46. The van der Waals surface area contributed by atoms with Crippen molar-refractivity contribution >= 4 is 5.91 Å². The molecule has 0 heterocycles. The van der Waals surface area contributed by atoms with Crippen molar-refractivity contribution in [3.8, 4) is 0 Å². The number of nitrogens with one attached hydrogen (secondary N) is 1. The molecule has 0 spiro atoms. The first-order chi connectivity index (χ1) is 6.91. The van der Waals surface area contributed by atoms with Crippen molar-refractivity contribution < 1.29 is 4.79 Å². The van der Waals surface area contributed by atoms with Gasteiger partial charge in [-0.2, -0.15) is 0 Å². The fourth-order valence-electron chi connectivity index (χ4n) is 2.25. The highest BCUT2D eigenvalue weighted by molar-refractivity contribution is 5.84. The maximum absolute atomic E-state index is 12.0. The zero-order valence-corrected chi connectivity index (χ0v) is 10.3. The van der Waals surface area contributed by atoms with Gasteiger partial charge in [-0.15, -0.1) is 0 Å². The molecule has 0 radical (unpaired) electrons. The van der Waals surface area contributed by atoms with Crippen LogP contribution >= 0.6 is 0 Å². The molecule has 15 heavy (non-hydrogen) atoms. The molecule has 1 aliphatic rings. The molecule has 0 aromatic heterocycles. The van der Waals surface area contributed by atoms with E-state index in [4.69, 9.17) is 5.73 Å². The maximum Gasteiger partial charge on any atom is 0.227 e. The molecule has 1 unspecified atom stereocenters. The average molecular weight is 212 g/mol. The van der Waals surface area contributed by atoms with E-state index in [2.05, 4.69) is 33.0 Å². The van der Waals surface area contributed by atoms with Gasteiger partial charge in [0.1, 0.15) is 0 Å². The van der Waals surface area contributed by atoms with Crippen LogP contribution in [0.5, 0.6) is 0 Å². The zero-order chi connectivity index (χ0) is 11.6. The number of rotatable bonds is 4. The first-order valence-corrected chi connectivity index (χ1v) is 5.92. The number of hydrogen-bond acceptors (Lipinski definition) is 2. The molecule has 88 valence electrons. The minimum atomic E-state index is -0.261. The number of nitrogens with two attached hydrogens (primary N) is 1. The van der Waals surface area contributed by atoms with Crippen molar-refractivity contribution in [1.29, 1.82) is 0 Å². The van der Waals surface area contributed by atoms with E-state index < -0.39 is 0 Å². The lowest BCUT2D eigenvalue weighted by atomic mass is 9.62. The Morgan fingerprint density at radius 3 is 2.33 bits per heavy atom. The van der Waals surface area contributed by atoms with Gasteiger partial charge < -0.3 is 11.1 Å². The van der Waals surface area contributed by atoms with Crippen LogP contribution in [-0.2, 0) is 4.79 Å². The van der Waals surface area contributed by atoms with Crippen molar-refractivity contribution in [2.75, 3.05) is 6.54 Å². The summed E-state index contributed by atoms with van der Waals surface area (Å²) in [6.45, 7) is 8.93. The van der Waals surface area contributed by atoms with E-state index in [1.165, 1.54) is 0 Å². The number of carbonyl (C=O) groups is 1. The molecule has 1 atom stereocenters. The highest BCUT2D eigenvalue weighted by atomic mass is 16.2. The number of carbonyl (C=O) groups excluding carboxylic acids is 1. The maximum atomic E-state index is 12.0. The van der Waals surface area contributed by atoms with Gasteiger partial charge in [-0.25, -0.2) is 0 Å². The lowest BCUT2D eigenvalue weighted by molar-refractivity contribution is -0.139. The van der Waals surface area contributed by atoms with Crippen LogP contribution in [0.3, 0.4) is 0 Å². The molecule has 0 aliphatic heterocycles. The summed E-state index contributed by atoms with van der Waals surface area (Å²) in [5, 5.41) is 3.07. The third-order valence-electron chi connectivity index (χ3n) is 3.71. The SMILES string of the molecule is CC1CC(CN)(C(=O)NC(C)C(C)C)C1. The number of hydrogen-bond donors (Lipinski definition) is 2. The second kappa shape index (κ2) is 4.52. The Balaban J connectivity index is 2.52. The first-order valence-electron chi connectivity index (χ1n) is 5.92. The van der Waals surface area contributed by atoms with Crippen LogP contribution in [-0.4, -0.2) is 18.5 Å². The molecular formula is C12H24N2O. The highest BCUT2D eigenvalue weighted by Crippen LogP contribution is 2.44. The van der Waals surface area contributed by atoms with Crippen molar-refractivity contribution in [1.82, 2.24) is 5.32 Å². The van der Waals surface area contributed by atoms with E-state index in [-0.39, 0.29) is 17.4 Å². The fraction of sp³-hybridized carbons (Fsp3) is 0.917. The average Bonchev–Trinajstić information content (AvgIpc) is 2.11. The summed E-state index contributed by atoms with van der Waals surface area (Å²) in [5.74, 6) is 1.28. The van der Waals surface area contributed by atoms with Gasteiger partial charge in [0, 0.05) is 12.6 Å². The van der Waals surface area contributed by atoms with Gasteiger partial charge in [0.05, 0.1) is 5.41 Å². The molecule has 0 saturated heterocycles. The summed E-state index contributed by atoms with van der Waals surface area (Å²) in [4.78, 5) is 12.0. The monoisotopic (exact) mass is 212 g/mol. The van der Waals surface area contributed by atoms with Crippen LogP contribution in [0, 0.1) is 17.3 Å². The van der Waals surface area contributed by atoms with E-state index in [0.29, 0.717) is 18.4 Å². The minimum absolute atomic E-state index is 0.157. The zero-order valence-electron chi connectivity index (χ0n) is 10.3. The Bertz CT molecular complexity index is 232. The predicted octanol–water partition coefficient (Wildman–Crippen LogP) is 1.52. The van der Waals surface area contributed by atoms with E-state index in [0.717, 1.165) is 12.8 Å². The Labute approximate surface area is 92.8 Å². The molecule has 1 amide bonds. The third-order valence-corrected chi connectivity index (χ3v) is 3.71. The summed E-state index contributed by atoms with van der Waals surface area (Å²) < 4.78 is 0. The van der Waals surface area contributed by atoms with Crippen LogP contribution in [0.15, 0.2) is 0 Å². The molecular weight excluding hydrogens is 188 g/mol. The standard InChI is InChI=1S/C12H24N2O/c1-8(2)10(4)14-11(15)12(7-13)5-9(3)6-12/h8-10H,5-7,13H2,1-4H3,(H,14,15). The Morgan fingerprint density at radius 1 is 1.47 bits per heavy atom. The molecule has 0 bridgehead atoms. The first kappa shape index (κ1) is 12.5. The van der Waals surface area contributed by atoms with Gasteiger partial charge in [-0.1, -0.05) is 20.8 Å². The highest BCUT2D eigenvalue weighted by Gasteiger charge is 2.47. The second-order valence-electron chi connectivity index (χ2n) is 5.50. The summed E-state index contributed by atoms with van der Waals surface area (Å²) in [6, 6.07) is 0.233.